The van der Waals surface area contributed by atoms with Gasteiger partial charge in [-0.2, -0.15) is 4.94 Å². The average molecular weight is 206 g/mol. The third-order valence-corrected chi connectivity index (χ3v) is 2.78. The van der Waals surface area contributed by atoms with E-state index in [1.807, 2.05) is 18.5 Å². The minimum Gasteiger partial charge on any atom is -0.367 e. The van der Waals surface area contributed by atoms with E-state index in [0.29, 0.717) is 0 Å². The molecule has 1 saturated heterocycles. The van der Waals surface area contributed by atoms with E-state index in [-0.39, 0.29) is 0 Å². The number of rotatable bonds is 1. The van der Waals surface area contributed by atoms with Crippen LogP contribution in [0.1, 0.15) is 0 Å². The van der Waals surface area contributed by atoms with Crippen LogP contribution in [-0.2, 0) is 4.94 Å². The number of piperazine rings is 1. The standard InChI is InChI=1S/C10H14N4O/c1-2-9(13-6-3-11-4-7-13)10-8-12-15-14(10)5-1/h1-2,5,8,11-12H,3-4,6-7H2. The van der Waals surface area contributed by atoms with E-state index >= 15 is 0 Å². The Morgan fingerprint density at radius 2 is 2.07 bits per heavy atom. The smallest absolute Gasteiger partial charge is 0.113 e. The number of hydroxylamine groups is 3. The van der Waals surface area contributed by atoms with Gasteiger partial charge in [0.15, 0.2) is 0 Å². The molecule has 0 aromatic carbocycles. The van der Waals surface area contributed by atoms with Crippen LogP contribution in [0.3, 0.4) is 0 Å². The SMILES string of the molecule is C1=CN2ONC=C2C(N2CCNCC2)=C1. The highest BCUT2D eigenvalue weighted by molar-refractivity contribution is 5.36. The highest BCUT2D eigenvalue weighted by Gasteiger charge is 2.25. The maximum atomic E-state index is 5.20. The normalized spacial score (nSPS) is 24.5. The van der Waals surface area contributed by atoms with E-state index in [2.05, 4.69) is 21.8 Å². The van der Waals surface area contributed by atoms with Crippen LogP contribution in [0.25, 0.3) is 0 Å². The predicted molar refractivity (Wildman–Crippen MR) is 55.8 cm³/mol. The minimum absolute atomic E-state index is 1.04. The summed E-state index contributed by atoms with van der Waals surface area (Å²) >= 11 is 0. The van der Waals surface area contributed by atoms with Gasteiger partial charge in [-0.05, 0) is 12.2 Å². The summed E-state index contributed by atoms with van der Waals surface area (Å²) in [5.74, 6) is 0. The summed E-state index contributed by atoms with van der Waals surface area (Å²) in [6.45, 7) is 4.18. The second-order valence-electron chi connectivity index (χ2n) is 3.69. The number of allylic oxidation sites excluding steroid dienone is 2. The first-order chi connectivity index (χ1) is 7.45. The Morgan fingerprint density at radius 3 is 2.93 bits per heavy atom. The lowest BCUT2D eigenvalue weighted by molar-refractivity contribution is -0.114. The van der Waals surface area contributed by atoms with Crippen LogP contribution < -0.4 is 10.8 Å². The molecule has 3 aliphatic rings. The van der Waals surface area contributed by atoms with Crippen molar-refractivity contribution >= 4 is 0 Å². The number of nitrogens with one attached hydrogen (secondary N) is 2. The van der Waals surface area contributed by atoms with E-state index in [9.17, 15) is 0 Å². The fourth-order valence-electron chi connectivity index (χ4n) is 2.02. The predicted octanol–water partition coefficient (Wildman–Crippen LogP) is -0.104. The van der Waals surface area contributed by atoms with Gasteiger partial charge in [-0.3, -0.25) is 0 Å². The molecule has 15 heavy (non-hydrogen) atoms. The summed E-state index contributed by atoms with van der Waals surface area (Å²) in [5.41, 5.74) is 5.07. The summed E-state index contributed by atoms with van der Waals surface area (Å²) in [5, 5.41) is 5.09. The Hall–Kier alpha value is -1.46. The van der Waals surface area contributed by atoms with Crippen molar-refractivity contribution in [3.8, 4) is 0 Å². The highest BCUT2D eigenvalue weighted by Crippen LogP contribution is 2.26. The topological polar surface area (TPSA) is 39.8 Å². The first-order valence-corrected chi connectivity index (χ1v) is 5.21. The van der Waals surface area contributed by atoms with Gasteiger partial charge in [0.05, 0.1) is 11.9 Å². The quantitative estimate of drug-likeness (QED) is 0.626. The molecule has 0 atom stereocenters. The monoisotopic (exact) mass is 206 g/mol. The fraction of sp³-hybridized carbons (Fsp3) is 0.400. The third kappa shape index (κ3) is 1.49. The molecule has 0 radical (unpaired) electrons. The molecule has 0 spiro atoms. The van der Waals surface area contributed by atoms with Crippen molar-refractivity contribution in [1.82, 2.24) is 20.8 Å². The molecule has 3 rings (SSSR count). The van der Waals surface area contributed by atoms with Gasteiger partial charge in [-0.25, -0.2) is 10.5 Å². The van der Waals surface area contributed by atoms with Crippen molar-refractivity contribution in [2.24, 2.45) is 0 Å². The molecule has 5 heteroatoms. The Bertz CT molecular complexity index is 341. The Labute approximate surface area is 88.6 Å². The van der Waals surface area contributed by atoms with Gasteiger partial charge in [0.25, 0.3) is 0 Å². The van der Waals surface area contributed by atoms with E-state index in [4.69, 9.17) is 4.94 Å². The fourth-order valence-corrected chi connectivity index (χ4v) is 2.02. The van der Waals surface area contributed by atoms with Crippen LogP contribution in [-0.4, -0.2) is 36.1 Å². The lowest BCUT2D eigenvalue weighted by Gasteiger charge is -2.34. The molecule has 80 valence electrons. The van der Waals surface area contributed by atoms with Crippen LogP contribution >= 0.6 is 0 Å². The second-order valence-corrected chi connectivity index (χ2v) is 3.69. The molecule has 0 bridgehead atoms. The van der Waals surface area contributed by atoms with Crippen molar-refractivity contribution in [2.75, 3.05) is 26.2 Å². The Balaban J connectivity index is 1.84. The van der Waals surface area contributed by atoms with Crippen LogP contribution in [0.2, 0.25) is 0 Å². The van der Waals surface area contributed by atoms with Crippen LogP contribution in [0.15, 0.2) is 35.9 Å². The summed E-state index contributed by atoms with van der Waals surface area (Å²) in [6, 6.07) is 0. The zero-order valence-corrected chi connectivity index (χ0v) is 8.44. The number of hydrogen-bond donors (Lipinski definition) is 2. The first-order valence-electron chi connectivity index (χ1n) is 5.21. The van der Waals surface area contributed by atoms with Crippen LogP contribution in [0.5, 0.6) is 0 Å². The lowest BCUT2D eigenvalue weighted by atomic mass is 10.2. The molecule has 5 nitrogen and oxygen atoms in total. The molecule has 2 N–H and O–H groups in total. The number of hydrogen-bond acceptors (Lipinski definition) is 5. The van der Waals surface area contributed by atoms with Crippen molar-refractivity contribution in [2.45, 2.75) is 0 Å². The first kappa shape index (κ1) is 8.82. The number of nitrogens with zero attached hydrogens (tertiary/aromatic N) is 2. The Morgan fingerprint density at radius 1 is 1.20 bits per heavy atom. The van der Waals surface area contributed by atoms with Gasteiger partial charge >= 0.3 is 0 Å². The molecule has 0 amide bonds. The summed E-state index contributed by atoms with van der Waals surface area (Å²) < 4.78 is 0. The minimum atomic E-state index is 1.04. The van der Waals surface area contributed by atoms with Gasteiger partial charge < -0.3 is 10.2 Å². The van der Waals surface area contributed by atoms with Crippen molar-refractivity contribution in [1.29, 1.82) is 0 Å². The molecule has 0 saturated carbocycles. The van der Waals surface area contributed by atoms with Gasteiger partial charge in [0.1, 0.15) is 5.70 Å². The van der Waals surface area contributed by atoms with Crippen molar-refractivity contribution in [3.63, 3.8) is 0 Å². The van der Waals surface area contributed by atoms with Gasteiger partial charge in [0.2, 0.25) is 0 Å². The maximum Gasteiger partial charge on any atom is 0.113 e. The molecule has 0 unspecified atom stereocenters. The highest BCUT2D eigenvalue weighted by atomic mass is 16.8. The molecule has 0 aliphatic carbocycles. The average Bonchev–Trinajstić information content (AvgIpc) is 2.78. The zero-order valence-electron chi connectivity index (χ0n) is 8.44. The molecule has 3 heterocycles. The molecule has 0 aromatic heterocycles. The van der Waals surface area contributed by atoms with Gasteiger partial charge in [0, 0.05) is 32.4 Å². The van der Waals surface area contributed by atoms with Crippen LogP contribution in [0.4, 0.5) is 0 Å². The number of fused-ring (bicyclic) bond motifs is 1. The molecular formula is C10H14N4O. The third-order valence-electron chi connectivity index (χ3n) is 2.78. The largest absolute Gasteiger partial charge is 0.367 e. The second kappa shape index (κ2) is 3.60. The van der Waals surface area contributed by atoms with Crippen molar-refractivity contribution in [3.05, 3.63) is 35.9 Å². The van der Waals surface area contributed by atoms with Crippen molar-refractivity contribution < 1.29 is 4.94 Å². The maximum absolute atomic E-state index is 5.20. The van der Waals surface area contributed by atoms with Gasteiger partial charge in [-0.15, -0.1) is 0 Å². The molecule has 1 fully saturated rings. The zero-order chi connectivity index (χ0) is 10.1. The molecule has 0 aromatic rings. The lowest BCUT2D eigenvalue weighted by Crippen LogP contribution is -2.44. The van der Waals surface area contributed by atoms with E-state index in [1.165, 1.54) is 5.70 Å². The van der Waals surface area contributed by atoms with E-state index in [1.54, 1.807) is 5.06 Å². The molecular weight excluding hydrogens is 192 g/mol. The molecule has 3 aliphatic heterocycles. The summed E-state index contributed by atoms with van der Waals surface area (Å²) in [6.07, 6.45) is 7.92. The summed E-state index contributed by atoms with van der Waals surface area (Å²) in [4.78, 5) is 7.57. The Kier molecular flexibility index (Phi) is 2.12. The van der Waals surface area contributed by atoms with E-state index in [0.717, 1.165) is 31.9 Å². The van der Waals surface area contributed by atoms with E-state index < -0.39 is 0 Å². The van der Waals surface area contributed by atoms with Crippen LogP contribution in [0, 0.1) is 0 Å². The van der Waals surface area contributed by atoms with Gasteiger partial charge in [-0.1, -0.05) is 0 Å². The summed E-state index contributed by atoms with van der Waals surface area (Å²) in [7, 11) is 0.